The first-order valence-corrected chi connectivity index (χ1v) is 11.3. The lowest BCUT2D eigenvalue weighted by Crippen LogP contribution is -2.29. The number of benzene rings is 3. The average Bonchev–Trinajstić information content (AvgIpc) is 3.13. The molecule has 3 aromatic carbocycles. The summed E-state index contributed by atoms with van der Waals surface area (Å²) in [7, 11) is 3.05. The van der Waals surface area contributed by atoms with E-state index in [-0.39, 0.29) is 30.5 Å². The topological polar surface area (TPSA) is 105 Å². The van der Waals surface area contributed by atoms with E-state index in [1.807, 2.05) is 0 Å². The lowest BCUT2D eigenvalue weighted by atomic mass is 10.1. The van der Waals surface area contributed by atoms with Crippen molar-refractivity contribution < 1.29 is 28.7 Å². The molecule has 0 spiro atoms. The quantitative estimate of drug-likeness (QED) is 0.497. The van der Waals surface area contributed by atoms with Crippen molar-refractivity contribution in [3.8, 4) is 5.75 Å². The zero-order valence-electron chi connectivity index (χ0n) is 20.1. The molecule has 0 aromatic heterocycles. The smallest absolute Gasteiger partial charge is 0.413 e. The summed E-state index contributed by atoms with van der Waals surface area (Å²) < 4.78 is 10.3. The Kier molecular flexibility index (Phi) is 7.00. The first-order valence-electron chi connectivity index (χ1n) is 11.3. The van der Waals surface area contributed by atoms with Gasteiger partial charge in [0, 0.05) is 18.4 Å². The Morgan fingerprint density at radius 3 is 2.17 bits per heavy atom. The van der Waals surface area contributed by atoms with Gasteiger partial charge < -0.3 is 14.8 Å². The van der Waals surface area contributed by atoms with E-state index in [1.54, 1.807) is 80.7 Å². The van der Waals surface area contributed by atoms with Gasteiger partial charge >= 0.3 is 6.09 Å². The van der Waals surface area contributed by atoms with Crippen LogP contribution in [0, 0.1) is 0 Å². The predicted octanol–water partition coefficient (Wildman–Crippen LogP) is 4.34. The van der Waals surface area contributed by atoms with Crippen LogP contribution in [0.2, 0.25) is 0 Å². The Bertz CT molecular complexity index is 1300. The third kappa shape index (κ3) is 4.76. The van der Waals surface area contributed by atoms with Crippen LogP contribution in [0.1, 0.15) is 43.6 Å². The number of hydrogen-bond acceptors (Lipinski definition) is 6. The molecule has 9 nitrogen and oxygen atoms in total. The normalized spacial score (nSPS) is 12.2. The molecule has 4 rings (SSSR count). The fourth-order valence-corrected chi connectivity index (χ4v) is 3.89. The fraction of sp³-hybridized carbons (Fsp3) is 0.185. The molecule has 1 N–H and O–H groups in total. The molecule has 0 aliphatic carbocycles. The van der Waals surface area contributed by atoms with Crippen LogP contribution in [0.15, 0.2) is 66.7 Å². The number of fused-ring (bicyclic) bond motifs is 1. The molecule has 0 saturated carbocycles. The standard InChI is InChI=1S/C27H25N3O6/c1-4-36-27(34)29(2)19-12-10-18(11-13-19)28-24(31)22-15-17(9-14-23(22)35-3)16-30-25(32)20-7-5-6-8-21(20)26(30)33/h5-15H,4,16H2,1-3H3,(H,28,31). The van der Waals surface area contributed by atoms with Crippen LogP contribution in [0.5, 0.6) is 5.75 Å². The number of imide groups is 1. The van der Waals surface area contributed by atoms with E-state index in [9.17, 15) is 19.2 Å². The molecule has 0 fully saturated rings. The van der Waals surface area contributed by atoms with Gasteiger partial charge in [-0.3, -0.25) is 24.2 Å². The summed E-state index contributed by atoms with van der Waals surface area (Å²) in [5.41, 5.74) is 2.69. The number of methoxy groups -OCH3 is 1. The maximum atomic E-state index is 13.1. The minimum absolute atomic E-state index is 0.0194. The van der Waals surface area contributed by atoms with Gasteiger partial charge in [-0.25, -0.2) is 4.79 Å². The third-order valence-corrected chi connectivity index (χ3v) is 5.78. The van der Waals surface area contributed by atoms with Gasteiger partial charge in [0.2, 0.25) is 0 Å². The minimum atomic E-state index is -0.478. The number of anilines is 2. The minimum Gasteiger partial charge on any atom is -0.496 e. The van der Waals surface area contributed by atoms with Crippen molar-refractivity contribution in [2.24, 2.45) is 0 Å². The van der Waals surface area contributed by atoms with Crippen molar-refractivity contribution in [1.82, 2.24) is 4.90 Å². The number of nitrogens with one attached hydrogen (secondary N) is 1. The van der Waals surface area contributed by atoms with Crippen LogP contribution in [0.25, 0.3) is 0 Å². The summed E-state index contributed by atoms with van der Waals surface area (Å²) in [6, 6.07) is 18.3. The highest BCUT2D eigenvalue weighted by atomic mass is 16.6. The lowest BCUT2D eigenvalue weighted by Gasteiger charge is -2.17. The second-order valence-electron chi connectivity index (χ2n) is 8.04. The number of carbonyl (C=O) groups excluding carboxylic acids is 4. The molecular weight excluding hydrogens is 462 g/mol. The second kappa shape index (κ2) is 10.3. The average molecular weight is 488 g/mol. The number of amides is 4. The van der Waals surface area contributed by atoms with Crippen molar-refractivity contribution in [2.75, 3.05) is 31.0 Å². The van der Waals surface area contributed by atoms with Crippen molar-refractivity contribution >= 4 is 35.2 Å². The summed E-state index contributed by atoms with van der Waals surface area (Å²) in [4.78, 5) is 52.9. The Labute approximate surface area is 208 Å². The molecule has 4 amide bonds. The maximum Gasteiger partial charge on any atom is 0.413 e. The Hall–Kier alpha value is -4.66. The van der Waals surface area contributed by atoms with Gasteiger partial charge in [-0.2, -0.15) is 0 Å². The number of nitrogens with zero attached hydrogens (tertiary/aromatic N) is 2. The van der Waals surface area contributed by atoms with Crippen LogP contribution < -0.4 is 15.0 Å². The van der Waals surface area contributed by atoms with Gasteiger partial charge in [0.15, 0.2) is 0 Å². The highest BCUT2D eigenvalue weighted by molar-refractivity contribution is 6.21. The van der Waals surface area contributed by atoms with Crippen molar-refractivity contribution in [3.05, 3.63) is 89.0 Å². The van der Waals surface area contributed by atoms with Crippen LogP contribution in [0.4, 0.5) is 16.2 Å². The highest BCUT2D eigenvalue weighted by Gasteiger charge is 2.35. The highest BCUT2D eigenvalue weighted by Crippen LogP contribution is 2.27. The van der Waals surface area contributed by atoms with Crippen molar-refractivity contribution in [3.63, 3.8) is 0 Å². The third-order valence-electron chi connectivity index (χ3n) is 5.78. The summed E-state index contributed by atoms with van der Waals surface area (Å²) in [6.45, 7) is 2.02. The molecule has 0 atom stereocenters. The maximum absolute atomic E-state index is 13.1. The molecular formula is C27H25N3O6. The van der Waals surface area contributed by atoms with Gasteiger partial charge in [0.1, 0.15) is 5.75 Å². The predicted molar refractivity (Wildman–Crippen MR) is 133 cm³/mol. The van der Waals surface area contributed by atoms with Crippen LogP contribution >= 0.6 is 0 Å². The molecule has 36 heavy (non-hydrogen) atoms. The molecule has 0 bridgehead atoms. The zero-order valence-corrected chi connectivity index (χ0v) is 20.1. The summed E-state index contributed by atoms with van der Waals surface area (Å²) in [5, 5.41) is 2.80. The van der Waals surface area contributed by atoms with Crippen LogP contribution in [-0.4, -0.2) is 49.5 Å². The molecule has 0 unspecified atom stereocenters. The van der Waals surface area contributed by atoms with E-state index in [0.717, 1.165) is 4.90 Å². The van der Waals surface area contributed by atoms with Gasteiger partial charge in [0.25, 0.3) is 17.7 Å². The van der Waals surface area contributed by atoms with E-state index in [4.69, 9.17) is 9.47 Å². The number of hydrogen-bond donors (Lipinski definition) is 1. The number of rotatable bonds is 7. The Morgan fingerprint density at radius 2 is 1.58 bits per heavy atom. The monoisotopic (exact) mass is 487 g/mol. The van der Waals surface area contributed by atoms with E-state index in [0.29, 0.717) is 33.8 Å². The molecule has 9 heteroatoms. The van der Waals surface area contributed by atoms with E-state index >= 15 is 0 Å². The lowest BCUT2D eigenvalue weighted by molar-refractivity contribution is 0.0642. The summed E-state index contributed by atoms with van der Waals surface area (Å²) in [6.07, 6.45) is -0.478. The largest absolute Gasteiger partial charge is 0.496 e. The first-order chi connectivity index (χ1) is 17.3. The molecule has 3 aromatic rings. The van der Waals surface area contributed by atoms with E-state index in [2.05, 4.69) is 5.32 Å². The molecule has 0 radical (unpaired) electrons. The van der Waals surface area contributed by atoms with Crippen LogP contribution in [-0.2, 0) is 11.3 Å². The summed E-state index contributed by atoms with van der Waals surface area (Å²) >= 11 is 0. The number of carbonyl (C=O) groups is 4. The Balaban J connectivity index is 1.50. The molecule has 0 saturated heterocycles. The van der Waals surface area contributed by atoms with Gasteiger partial charge in [-0.05, 0) is 61.0 Å². The first kappa shape index (κ1) is 24.5. The molecule has 1 heterocycles. The summed E-state index contributed by atoms with van der Waals surface area (Å²) in [5.74, 6) is -0.824. The molecule has 184 valence electrons. The zero-order chi connectivity index (χ0) is 25.8. The molecule has 1 aliphatic rings. The van der Waals surface area contributed by atoms with Gasteiger partial charge in [-0.1, -0.05) is 18.2 Å². The second-order valence-corrected chi connectivity index (χ2v) is 8.04. The van der Waals surface area contributed by atoms with Crippen LogP contribution in [0.3, 0.4) is 0 Å². The fourth-order valence-electron chi connectivity index (χ4n) is 3.89. The number of ether oxygens (including phenoxy) is 2. The van der Waals surface area contributed by atoms with E-state index < -0.39 is 12.0 Å². The SMILES string of the molecule is CCOC(=O)N(C)c1ccc(NC(=O)c2cc(CN3C(=O)c4ccccc4C3=O)ccc2OC)cc1. The van der Waals surface area contributed by atoms with Gasteiger partial charge in [-0.15, -0.1) is 0 Å². The molecule has 1 aliphatic heterocycles. The Morgan fingerprint density at radius 1 is 0.944 bits per heavy atom. The van der Waals surface area contributed by atoms with Gasteiger partial charge in [0.05, 0.1) is 37.0 Å². The van der Waals surface area contributed by atoms with Crippen molar-refractivity contribution in [1.29, 1.82) is 0 Å². The van der Waals surface area contributed by atoms with Crippen molar-refractivity contribution in [2.45, 2.75) is 13.5 Å². The van der Waals surface area contributed by atoms with E-state index in [1.165, 1.54) is 12.0 Å².